The molecule has 41 heavy (non-hydrogen) atoms. The van der Waals surface area contributed by atoms with Gasteiger partial charge in [-0.3, -0.25) is 9.78 Å². The van der Waals surface area contributed by atoms with Gasteiger partial charge in [0.1, 0.15) is 5.75 Å². The Bertz CT molecular complexity index is 1260. The molecule has 1 aromatic carbocycles. The molecule has 1 aliphatic rings. The van der Waals surface area contributed by atoms with Gasteiger partial charge in [-0.05, 0) is 86.1 Å². The normalized spacial score (nSPS) is 13.0. The molecule has 0 aliphatic heterocycles. The number of ketones is 1. The van der Waals surface area contributed by atoms with Gasteiger partial charge in [0, 0.05) is 55.8 Å². The number of benzene rings is 1. The molecular formula is C35H49N3O3. The number of fused-ring (bicyclic) bond motifs is 1. The van der Waals surface area contributed by atoms with Gasteiger partial charge < -0.3 is 14.0 Å². The van der Waals surface area contributed by atoms with Crippen molar-refractivity contribution >= 4 is 5.78 Å². The lowest BCUT2D eigenvalue weighted by Gasteiger charge is -2.22. The van der Waals surface area contributed by atoms with Crippen LogP contribution in [-0.2, 0) is 37.0 Å². The van der Waals surface area contributed by atoms with Gasteiger partial charge in [0.15, 0.2) is 5.78 Å². The predicted molar refractivity (Wildman–Crippen MR) is 169 cm³/mol. The summed E-state index contributed by atoms with van der Waals surface area (Å²) in [6.45, 7) is 14.0. The second kappa shape index (κ2) is 18.8. The lowest BCUT2D eigenvalue weighted by molar-refractivity contribution is 0.0972. The molecule has 0 fully saturated rings. The quantitative estimate of drug-likeness (QED) is 0.212. The van der Waals surface area contributed by atoms with Gasteiger partial charge in [0.25, 0.3) is 0 Å². The van der Waals surface area contributed by atoms with E-state index in [4.69, 9.17) is 9.47 Å². The van der Waals surface area contributed by atoms with Gasteiger partial charge in [-0.25, -0.2) is 4.98 Å². The zero-order valence-corrected chi connectivity index (χ0v) is 26.2. The van der Waals surface area contributed by atoms with E-state index in [1.807, 2.05) is 76.7 Å². The van der Waals surface area contributed by atoms with E-state index in [0.717, 1.165) is 72.5 Å². The van der Waals surface area contributed by atoms with E-state index in [9.17, 15) is 4.79 Å². The Morgan fingerprint density at radius 2 is 1.85 bits per heavy atom. The Kier molecular flexibility index (Phi) is 15.4. The Morgan fingerprint density at radius 3 is 2.56 bits per heavy atom. The van der Waals surface area contributed by atoms with Crippen LogP contribution in [-0.4, -0.2) is 40.6 Å². The molecule has 0 unspecified atom stereocenters. The molecule has 0 N–H and O–H groups in total. The highest BCUT2D eigenvalue weighted by Gasteiger charge is 2.22. The third-order valence-corrected chi connectivity index (χ3v) is 6.82. The minimum atomic E-state index is 0.241. The summed E-state index contributed by atoms with van der Waals surface area (Å²) in [7, 11) is 1.71. The molecule has 0 saturated carbocycles. The fourth-order valence-corrected chi connectivity index (χ4v) is 4.95. The molecule has 6 nitrogen and oxygen atoms in total. The van der Waals surface area contributed by atoms with E-state index in [-0.39, 0.29) is 5.78 Å². The Balaban J connectivity index is 0.00000141. The van der Waals surface area contributed by atoms with Crippen molar-refractivity contribution < 1.29 is 14.3 Å². The van der Waals surface area contributed by atoms with Crippen LogP contribution in [0.4, 0.5) is 0 Å². The summed E-state index contributed by atoms with van der Waals surface area (Å²) in [5.41, 5.74) is 7.75. The van der Waals surface area contributed by atoms with E-state index in [1.165, 1.54) is 11.1 Å². The van der Waals surface area contributed by atoms with Crippen LogP contribution in [0.3, 0.4) is 0 Å². The SMILES string of the molecule is C/C=C(\C=C(\C)COC)Cn1cncc1CCOc1ccc2c(c1CCc1ccccn1)CCCC2=O.CC.CC. The zero-order valence-electron chi connectivity index (χ0n) is 26.2. The standard InChI is InChI=1S/C31H37N3O3.2C2H6/c1-4-24(18-23(2)21-36-3)20-34-22-32-19-26(34)15-17-37-31-14-13-28-27(9-7-10-30(28)35)29(31)12-11-25-8-5-6-16-33-25;2*1-2/h4-6,8,13-14,16,18-19,22H,7,9-12,15,17,20-21H2,1-3H3;2*1-2H3/b23-18-,24-4+;;. The number of Topliss-reactive ketones (excluding diaryl/α,β-unsaturated/α-hetero) is 1. The molecule has 222 valence electrons. The number of carbonyl (C=O) groups is 1. The van der Waals surface area contributed by atoms with Crippen molar-refractivity contribution in [2.75, 3.05) is 20.3 Å². The first-order valence-corrected chi connectivity index (χ1v) is 15.1. The number of carbonyl (C=O) groups excluding carboxylic acids is 1. The first-order chi connectivity index (χ1) is 20.1. The maximum absolute atomic E-state index is 12.6. The number of hydrogen-bond donors (Lipinski definition) is 0. The van der Waals surface area contributed by atoms with E-state index in [2.05, 4.69) is 40.5 Å². The summed E-state index contributed by atoms with van der Waals surface area (Å²) in [6, 6.07) is 9.93. The fourth-order valence-electron chi connectivity index (χ4n) is 4.95. The molecule has 2 heterocycles. The summed E-state index contributed by atoms with van der Waals surface area (Å²) in [5, 5.41) is 0. The van der Waals surface area contributed by atoms with Crippen molar-refractivity contribution in [1.82, 2.24) is 14.5 Å². The highest BCUT2D eigenvalue weighted by atomic mass is 16.5. The molecule has 2 aromatic heterocycles. The summed E-state index contributed by atoms with van der Waals surface area (Å²) >= 11 is 0. The van der Waals surface area contributed by atoms with Gasteiger partial charge in [-0.2, -0.15) is 0 Å². The zero-order chi connectivity index (χ0) is 30.0. The smallest absolute Gasteiger partial charge is 0.163 e. The third kappa shape index (κ3) is 10.1. The molecule has 0 atom stereocenters. The number of pyridine rings is 1. The van der Waals surface area contributed by atoms with Crippen molar-refractivity contribution in [2.45, 2.75) is 86.6 Å². The highest BCUT2D eigenvalue weighted by Crippen LogP contribution is 2.32. The van der Waals surface area contributed by atoms with E-state index < -0.39 is 0 Å². The topological polar surface area (TPSA) is 66.2 Å². The number of allylic oxidation sites excluding steroid dienone is 3. The monoisotopic (exact) mass is 559 g/mol. The molecule has 0 saturated heterocycles. The molecule has 6 heteroatoms. The van der Waals surface area contributed by atoms with Crippen LogP contribution >= 0.6 is 0 Å². The van der Waals surface area contributed by atoms with Crippen LogP contribution in [0.5, 0.6) is 5.75 Å². The number of rotatable bonds is 12. The first-order valence-electron chi connectivity index (χ1n) is 15.1. The van der Waals surface area contributed by atoms with Gasteiger partial charge in [0.2, 0.25) is 0 Å². The number of aromatic nitrogens is 3. The highest BCUT2D eigenvalue weighted by molar-refractivity contribution is 5.99. The van der Waals surface area contributed by atoms with Gasteiger partial charge in [-0.15, -0.1) is 0 Å². The van der Waals surface area contributed by atoms with Gasteiger partial charge in [0.05, 0.1) is 19.5 Å². The van der Waals surface area contributed by atoms with Gasteiger partial charge >= 0.3 is 0 Å². The van der Waals surface area contributed by atoms with Crippen molar-refractivity contribution in [3.8, 4) is 5.75 Å². The summed E-state index contributed by atoms with van der Waals surface area (Å²) in [5.74, 6) is 1.12. The van der Waals surface area contributed by atoms with Crippen LogP contribution in [0.25, 0.3) is 0 Å². The summed E-state index contributed by atoms with van der Waals surface area (Å²) in [4.78, 5) is 21.4. The number of hydrogen-bond acceptors (Lipinski definition) is 5. The Hall–Kier alpha value is -3.51. The van der Waals surface area contributed by atoms with E-state index >= 15 is 0 Å². The fraction of sp³-hybridized carbons (Fsp3) is 0.457. The molecule has 0 amide bonds. The van der Waals surface area contributed by atoms with E-state index in [1.54, 1.807) is 7.11 Å². The second-order valence-corrected chi connectivity index (χ2v) is 9.56. The molecule has 3 aromatic rings. The number of aryl methyl sites for hydroxylation is 1. The van der Waals surface area contributed by atoms with Crippen molar-refractivity contribution in [3.63, 3.8) is 0 Å². The maximum atomic E-state index is 12.6. The first kappa shape index (κ1) is 33.7. The molecular weight excluding hydrogens is 510 g/mol. The summed E-state index contributed by atoms with van der Waals surface area (Å²) < 4.78 is 13.8. The van der Waals surface area contributed by atoms with E-state index in [0.29, 0.717) is 19.6 Å². The largest absolute Gasteiger partial charge is 0.493 e. The molecule has 4 rings (SSSR count). The number of ether oxygens (including phenoxy) is 2. The molecule has 0 bridgehead atoms. The molecule has 0 radical (unpaired) electrons. The van der Waals surface area contributed by atoms with Crippen LogP contribution in [0.2, 0.25) is 0 Å². The van der Waals surface area contributed by atoms with Crippen LogP contribution in [0.15, 0.2) is 72.4 Å². The third-order valence-electron chi connectivity index (χ3n) is 6.82. The van der Waals surface area contributed by atoms with Crippen molar-refractivity contribution in [1.29, 1.82) is 0 Å². The van der Waals surface area contributed by atoms with Crippen molar-refractivity contribution in [3.05, 3.63) is 100 Å². The molecule has 0 spiro atoms. The number of methoxy groups -OCH3 is 1. The minimum absolute atomic E-state index is 0.241. The Labute approximate surface area is 247 Å². The lowest BCUT2D eigenvalue weighted by Crippen LogP contribution is -2.16. The second-order valence-electron chi connectivity index (χ2n) is 9.56. The van der Waals surface area contributed by atoms with Crippen LogP contribution < -0.4 is 4.74 Å². The van der Waals surface area contributed by atoms with Gasteiger partial charge in [-0.1, -0.05) is 45.9 Å². The Morgan fingerprint density at radius 1 is 1.05 bits per heavy atom. The molecule has 1 aliphatic carbocycles. The number of imidazole rings is 1. The van der Waals surface area contributed by atoms with Crippen LogP contribution in [0.1, 0.15) is 87.3 Å². The number of nitrogens with zero attached hydrogens (tertiary/aromatic N) is 3. The van der Waals surface area contributed by atoms with Crippen LogP contribution in [0, 0.1) is 0 Å². The minimum Gasteiger partial charge on any atom is -0.493 e. The average Bonchev–Trinajstić information content (AvgIpc) is 3.45. The predicted octanol–water partition coefficient (Wildman–Crippen LogP) is 7.80. The average molecular weight is 560 g/mol. The lowest BCUT2D eigenvalue weighted by atomic mass is 9.85. The maximum Gasteiger partial charge on any atom is 0.163 e. The summed E-state index contributed by atoms with van der Waals surface area (Å²) in [6.07, 6.45) is 14.7. The van der Waals surface area contributed by atoms with Crippen molar-refractivity contribution in [2.24, 2.45) is 0 Å².